The van der Waals surface area contributed by atoms with Crippen LogP contribution in [0.3, 0.4) is 0 Å². The molecular weight excluding hydrogens is 345 g/mol. The normalized spacial score (nSPS) is 19.2. The summed E-state index contributed by atoms with van der Waals surface area (Å²) in [6.07, 6.45) is -1.47. The van der Waals surface area contributed by atoms with Crippen molar-refractivity contribution < 1.29 is 22.7 Å². The lowest BCUT2D eigenvalue weighted by molar-refractivity contribution is -0.176. The highest BCUT2D eigenvalue weighted by atomic mass is 19.4. The molecule has 2 rings (SSSR count). The van der Waals surface area contributed by atoms with Crippen molar-refractivity contribution in [3.63, 3.8) is 0 Å². The van der Waals surface area contributed by atoms with Crippen LogP contribution in [0.15, 0.2) is 24.3 Å². The zero-order valence-corrected chi connectivity index (χ0v) is 15.1. The third-order valence-electron chi connectivity index (χ3n) is 4.69. The molecule has 1 heterocycles. The monoisotopic (exact) mass is 372 g/mol. The molecule has 1 aromatic rings. The Hall–Kier alpha value is -1.60. The average molecular weight is 372 g/mol. The maximum atomic E-state index is 12.1. The first-order valence-electron chi connectivity index (χ1n) is 9.03. The van der Waals surface area contributed by atoms with Crippen LogP contribution in [0, 0.1) is 11.8 Å². The van der Waals surface area contributed by atoms with Crippen molar-refractivity contribution in [3.8, 4) is 0 Å². The fraction of sp³-hybridized carbons (Fsp3) is 0.632. The minimum Gasteiger partial charge on any atom is -0.367 e. The smallest absolute Gasteiger partial charge is 0.367 e. The number of rotatable bonds is 8. The molecule has 1 aliphatic heterocycles. The molecule has 1 aliphatic rings. The Morgan fingerprint density at radius 1 is 1.31 bits per heavy atom. The molecule has 1 saturated heterocycles. The van der Waals surface area contributed by atoms with Gasteiger partial charge < -0.3 is 15.4 Å². The van der Waals surface area contributed by atoms with Crippen molar-refractivity contribution in [2.75, 3.05) is 19.7 Å². The standard InChI is InChI=1S/C19H27F3N2O2/c1-14(17-3-2-8-23-11-17)9-18(25)24-10-15-4-6-16(7-5-15)12-26-13-19(20,21)22/h4-7,14,17,23H,2-3,8-13H2,1H3,(H,24,25). The summed E-state index contributed by atoms with van der Waals surface area (Å²) in [7, 11) is 0. The van der Waals surface area contributed by atoms with Gasteiger partial charge in [0.1, 0.15) is 6.61 Å². The van der Waals surface area contributed by atoms with Crippen LogP contribution in [-0.2, 0) is 22.7 Å². The van der Waals surface area contributed by atoms with Gasteiger partial charge in [0.15, 0.2) is 0 Å². The molecule has 2 N–H and O–H groups in total. The van der Waals surface area contributed by atoms with Gasteiger partial charge in [-0.25, -0.2) is 0 Å². The summed E-state index contributed by atoms with van der Waals surface area (Å²) >= 11 is 0. The second kappa shape index (κ2) is 9.92. The first-order chi connectivity index (χ1) is 12.3. The van der Waals surface area contributed by atoms with E-state index in [-0.39, 0.29) is 12.5 Å². The number of benzene rings is 1. The van der Waals surface area contributed by atoms with Crippen molar-refractivity contribution >= 4 is 5.91 Å². The largest absolute Gasteiger partial charge is 0.411 e. The van der Waals surface area contributed by atoms with E-state index >= 15 is 0 Å². The maximum absolute atomic E-state index is 12.1. The van der Waals surface area contributed by atoms with Gasteiger partial charge in [0, 0.05) is 13.0 Å². The van der Waals surface area contributed by atoms with E-state index in [0.29, 0.717) is 30.4 Å². The van der Waals surface area contributed by atoms with Gasteiger partial charge in [-0.2, -0.15) is 13.2 Å². The molecule has 146 valence electrons. The van der Waals surface area contributed by atoms with Crippen molar-refractivity contribution in [2.24, 2.45) is 11.8 Å². The van der Waals surface area contributed by atoms with Crippen molar-refractivity contribution in [1.29, 1.82) is 0 Å². The van der Waals surface area contributed by atoms with Gasteiger partial charge in [-0.05, 0) is 48.9 Å². The van der Waals surface area contributed by atoms with Crippen LogP contribution < -0.4 is 10.6 Å². The number of piperidine rings is 1. The van der Waals surface area contributed by atoms with E-state index in [1.165, 1.54) is 6.42 Å². The van der Waals surface area contributed by atoms with E-state index in [1.807, 2.05) is 0 Å². The summed E-state index contributed by atoms with van der Waals surface area (Å²) in [6, 6.07) is 7.02. The average Bonchev–Trinajstić information content (AvgIpc) is 2.61. The summed E-state index contributed by atoms with van der Waals surface area (Å²) in [6.45, 7) is 3.24. The lowest BCUT2D eigenvalue weighted by atomic mass is 9.85. The molecule has 1 amide bonds. The molecule has 1 fully saturated rings. The summed E-state index contributed by atoms with van der Waals surface area (Å²) in [5, 5.41) is 6.28. The Morgan fingerprint density at radius 3 is 2.62 bits per heavy atom. The summed E-state index contributed by atoms with van der Waals surface area (Å²) in [4.78, 5) is 12.1. The number of carbonyl (C=O) groups excluding carboxylic acids is 1. The Bertz CT molecular complexity index is 555. The molecule has 1 aromatic carbocycles. The number of ether oxygens (including phenoxy) is 1. The lowest BCUT2D eigenvalue weighted by Crippen LogP contribution is -2.35. The van der Waals surface area contributed by atoms with E-state index in [9.17, 15) is 18.0 Å². The predicted molar refractivity (Wildman–Crippen MR) is 93.4 cm³/mol. The summed E-state index contributed by atoms with van der Waals surface area (Å²) < 4.78 is 40.7. The van der Waals surface area contributed by atoms with E-state index < -0.39 is 12.8 Å². The molecule has 26 heavy (non-hydrogen) atoms. The second-order valence-corrected chi connectivity index (χ2v) is 6.99. The van der Waals surface area contributed by atoms with Crippen LogP contribution in [0.1, 0.15) is 37.3 Å². The third-order valence-corrected chi connectivity index (χ3v) is 4.69. The number of halogens is 3. The van der Waals surface area contributed by atoms with E-state index in [4.69, 9.17) is 0 Å². The van der Waals surface area contributed by atoms with Crippen LogP contribution in [0.25, 0.3) is 0 Å². The highest BCUT2D eigenvalue weighted by molar-refractivity contribution is 5.76. The Kier molecular flexibility index (Phi) is 7.90. The Morgan fingerprint density at radius 2 is 2.00 bits per heavy atom. The fourth-order valence-corrected chi connectivity index (χ4v) is 3.13. The Labute approximate surface area is 152 Å². The summed E-state index contributed by atoms with van der Waals surface area (Å²) in [5.74, 6) is 0.919. The molecule has 0 radical (unpaired) electrons. The molecule has 7 heteroatoms. The number of carbonyl (C=O) groups is 1. The lowest BCUT2D eigenvalue weighted by Gasteiger charge is -2.28. The quantitative estimate of drug-likeness (QED) is 0.735. The minimum absolute atomic E-state index is 0.0284. The zero-order chi connectivity index (χ0) is 19.0. The van der Waals surface area contributed by atoms with Crippen LogP contribution in [0.5, 0.6) is 0 Å². The highest BCUT2D eigenvalue weighted by Crippen LogP contribution is 2.22. The molecule has 4 nitrogen and oxygen atoms in total. The maximum Gasteiger partial charge on any atom is 0.411 e. The molecule has 2 atom stereocenters. The van der Waals surface area contributed by atoms with Gasteiger partial charge in [0.25, 0.3) is 0 Å². The van der Waals surface area contributed by atoms with Crippen LogP contribution in [-0.4, -0.2) is 31.8 Å². The van der Waals surface area contributed by atoms with Crippen molar-refractivity contribution in [3.05, 3.63) is 35.4 Å². The molecule has 0 aliphatic carbocycles. The number of amides is 1. The highest BCUT2D eigenvalue weighted by Gasteiger charge is 2.27. The first kappa shape index (κ1) is 20.7. The molecule has 0 aromatic heterocycles. The van der Waals surface area contributed by atoms with Gasteiger partial charge in [0.05, 0.1) is 6.61 Å². The first-order valence-corrected chi connectivity index (χ1v) is 9.03. The number of hydrogen-bond donors (Lipinski definition) is 2. The topological polar surface area (TPSA) is 50.4 Å². The molecular formula is C19H27F3N2O2. The van der Waals surface area contributed by atoms with Crippen LogP contribution in [0.4, 0.5) is 13.2 Å². The second-order valence-electron chi connectivity index (χ2n) is 6.99. The van der Waals surface area contributed by atoms with Gasteiger partial charge in [-0.15, -0.1) is 0 Å². The molecule has 2 unspecified atom stereocenters. The van der Waals surface area contributed by atoms with Crippen molar-refractivity contribution in [1.82, 2.24) is 10.6 Å². The summed E-state index contributed by atoms with van der Waals surface area (Å²) in [5.41, 5.74) is 1.58. The van der Waals surface area contributed by atoms with Gasteiger partial charge >= 0.3 is 6.18 Å². The molecule has 0 spiro atoms. The fourth-order valence-electron chi connectivity index (χ4n) is 3.13. The van der Waals surface area contributed by atoms with Gasteiger partial charge in [-0.1, -0.05) is 31.2 Å². The minimum atomic E-state index is -4.31. The van der Waals surface area contributed by atoms with Gasteiger partial charge in [0.2, 0.25) is 5.91 Å². The number of hydrogen-bond acceptors (Lipinski definition) is 3. The molecule has 0 bridgehead atoms. The zero-order valence-electron chi connectivity index (χ0n) is 15.1. The predicted octanol–water partition coefficient (Wildman–Crippen LogP) is 3.41. The number of alkyl halides is 3. The van der Waals surface area contributed by atoms with Crippen LogP contribution in [0.2, 0.25) is 0 Å². The van der Waals surface area contributed by atoms with Crippen LogP contribution >= 0.6 is 0 Å². The SMILES string of the molecule is CC(CC(=O)NCc1ccc(COCC(F)(F)F)cc1)C1CCCNC1. The van der Waals surface area contributed by atoms with Crippen molar-refractivity contribution in [2.45, 2.75) is 45.5 Å². The Balaban J connectivity index is 1.69. The van der Waals surface area contributed by atoms with Gasteiger partial charge in [-0.3, -0.25) is 4.79 Å². The number of nitrogens with one attached hydrogen (secondary N) is 2. The van der Waals surface area contributed by atoms with E-state index in [2.05, 4.69) is 22.3 Å². The van der Waals surface area contributed by atoms with E-state index in [1.54, 1.807) is 24.3 Å². The van der Waals surface area contributed by atoms with E-state index in [0.717, 1.165) is 25.1 Å². The molecule has 0 saturated carbocycles. The third kappa shape index (κ3) is 7.74.